The molecule has 0 bridgehead atoms. The van der Waals surface area contributed by atoms with Crippen LogP contribution >= 0.6 is 11.3 Å². The van der Waals surface area contributed by atoms with Crippen LogP contribution in [0.1, 0.15) is 38.1 Å². The zero-order valence-corrected chi connectivity index (χ0v) is 14.8. The van der Waals surface area contributed by atoms with Gasteiger partial charge in [0.1, 0.15) is 16.5 Å². The molecule has 1 amide bonds. The number of nitrogens with two attached hydrogens (primary N) is 1. The Balaban J connectivity index is 1.96. The molecule has 0 atom stereocenters. The summed E-state index contributed by atoms with van der Waals surface area (Å²) in [7, 11) is 0. The number of piperidine rings is 1. The average Bonchev–Trinajstić information content (AvgIpc) is 2.88. The molecule has 2 N–H and O–H groups in total. The maximum Gasteiger partial charge on any atom is 0.220 e. The van der Waals surface area contributed by atoms with E-state index in [1.807, 2.05) is 6.92 Å². The molecule has 23 heavy (non-hydrogen) atoms. The minimum atomic E-state index is -0.176. The van der Waals surface area contributed by atoms with Gasteiger partial charge >= 0.3 is 0 Å². The molecule has 3 rings (SSSR count). The number of carbonyl (C=O) groups is 1. The third-order valence-electron chi connectivity index (χ3n) is 4.43. The van der Waals surface area contributed by atoms with Crippen LogP contribution in [0.5, 0.6) is 0 Å². The fraction of sp³-hybridized carbons (Fsp3) is 0.588. The van der Waals surface area contributed by atoms with E-state index in [0.717, 1.165) is 48.8 Å². The summed E-state index contributed by atoms with van der Waals surface area (Å²) in [5.41, 5.74) is 6.79. The maximum atomic E-state index is 11.4. The summed E-state index contributed by atoms with van der Waals surface area (Å²) >= 11 is 1.70. The van der Waals surface area contributed by atoms with Crippen LogP contribution in [-0.2, 0) is 11.2 Å². The lowest BCUT2D eigenvalue weighted by molar-refractivity contribution is -0.122. The number of aryl methyl sites for hydroxylation is 1. The van der Waals surface area contributed by atoms with Crippen molar-refractivity contribution in [1.82, 2.24) is 9.97 Å². The summed E-state index contributed by atoms with van der Waals surface area (Å²) in [5.74, 6) is 2.27. The average molecular weight is 332 g/mol. The zero-order chi connectivity index (χ0) is 16.6. The summed E-state index contributed by atoms with van der Waals surface area (Å²) in [6.45, 7) is 8.07. The first kappa shape index (κ1) is 16.2. The summed E-state index contributed by atoms with van der Waals surface area (Å²) in [5, 5.41) is 3.42. The van der Waals surface area contributed by atoms with Crippen LogP contribution in [-0.4, -0.2) is 29.0 Å². The predicted molar refractivity (Wildman–Crippen MR) is 94.8 cm³/mol. The minimum absolute atomic E-state index is 0.00211. The Kier molecular flexibility index (Phi) is 4.53. The molecule has 3 heterocycles. The van der Waals surface area contributed by atoms with Crippen molar-refractivity contribution in [2.45, 2.75) is 40.0 Å². The standard InChI is InChI=1S/C17H24N4OS/c1-10(2)8-13-9-23-17-14(13)16(19-11(3)20-17)21-6-4-12(5-7-21)15(18)22/h9-10,12H,4-8H2,1-3H3,(H2,18,22). The highest BCUT2D eigenvalue weighted by Crippen LogP contribution is 2.35. The lowest BCUT2D eigenvalue weighted by atomic mass is 9.96. The fourth-order valence-corrected chi connectivity index (χ4v) is 4.27. The molecule has 2 aromatic rings. The van der Waals surface area contributed by atoms with E-state index in [1.165, 1.54) is 10.9 Å². The van der Waals surface area contributed by atoms with E-state index >= 15 is 0 Å². The number of hydrogen-bond donors (Lipinski definition) is 1. The molecule has 0 aliphatic carbocycles. The zero-order valence-electron chi connectivity index (χ0n) is 14.0. The van der Waals surface area contributed by atoms with E-state index in [4.69, 9.17) is 10.7 Å². The summed E-state index contributed by atoms with van der Waals surface area (Å²) in [6, 6.07) is 0. The monoisotopic (exact) mass is 332 g/mol. The smallest absolute Gasteiger partial charge is 0.220 e. The minimum Gasteiger partial charge on any atom is -0.369 e. The first-order chi connectivity index (χ1) is 11.0. The molecule has 124 valence electrons. The lowest BCUT2D eigenvalue weighted by Gasteiger charge is -2.32. The molecule has 0 radical (unpaired) electrons. The van der Waals surface area contributed by atoms with Crippen LogP contribution in [0.4, 0.5) is 5.82 Å². The number of primary amides is 1. The van der Waals surface area contributed by atoms with Crippen LogP contribution in [0.2, 0.25) is 0 Å². The second kappa shape index (κ2) is 6.43. The van der Waals surface area contributed by atoms with Gasteiger partial charge < -0.3 is 10.6 Å². The summed E-state index contributed by atoms with van der Waals surface area (Å²) < 4.78 is 0. The van der Waals surface area contributed by atoms with Gasteiger partial charge in [0.05, 0.1) is 5.39 Å². The number of amides is 1. The van der Waals surface area contributed by atoms with Gasteiger partial charge in [0.2, 0.25) is 5.91 Å². The Hall–Kier alpha value is -1.69. The quantitative estimate of drug-likeness (QED) is 0.934. The Bertz CT molecular complexity index is 717. The number of nitrogens with zero attached hydrogens (tertiary/aromatic N) is 3. The van der Waals surface area contributed by atoms with Crippen molar-refractivity contribution >= 4 is 33.3 Å². The van der Waals surface area contributed by atoms with Gasteiger partial charge in [-0.05, 0) is 43.0 Å². The van der Waals surface area contributed by atoms with E-state index in [-0.39, 0.29) is 11.8 Å². The molecule has 0 aromatic carbocycles. The third kappa shape index (κ3) is 3.32. The summed E-state index contributed by atoms with van der Waals surface area (Å²) in [4.78, 5) is 24.1. The molecule has 0 spiro atoms. The molecule has 1 aliphatic heterocycles. The Labute approximate surface area is 140 Å². The van der Waals surface area contributed by atoms with Gasteiger partial charge in [-0.2, -0.15) is 0 Å². The molecule has 1 saturated heterocycles. The number of hydrogen-bond acceptors (Lipinski definition) is 5. The van der Waals surface area contributed by atoms with Crippen LogP contribution < -0.4 is 10.6 Å². The van der Waals surface area contributed by atoms with E-state index in [1.54, 1.807) is 11.3 Å². The molecule has 6 heteroatoms. The molecule has 1 aliphatic rings. The number of thiophene rings is 1. The van der Waals surface area contributed by atoms with Gasteiger partial charge in [-0.1, -0.05) is 13.8 Å². The van der Waals surface area contributed by atoms with Crippen molar-refractivity contribution in [1.29, 1.82) is 0 Å². The Morgan fingerprint density at radius 3 is 2.70 bits per heavy atom. The van der Waals surface area contributed by atoms with Gasteiger partial charge in [0, 0.05) is 19.0 Å². The van der Waals surface area contributed by atoms with E-state index in [0.29, 0.717) is 5.92 Å². The molecular formula is C17H24N4OS. The fourth-order valence-electron chi connectivity index (χ4n) is 3.28. The van der Waals surface area contributed by atoms with Crippen LogP contribution in [0.25, 0.3) is 10.2 Å². The maximum absolute atomic E-state index is 11.4. The van der Waals surface area contributed by atoms with Crippen molar-refractivity contribution in [3.05, 3.63) is 16.8 Å². The van der Waals surface area contributed by atoms with E-state index in [9.17, 15) is 4.79 Å². The van der Waals surface area contributed by atoms with Gasteiger partial charge in [-0.3, -0.25) is 4.79 Å². The normalized spacial score (nSPS) is 16.4. The number of rotatable bonds is 4. The SMILES string of the molecule is Cc1nc(N2CCC(C(N)=O)CC2)c2c(CC(C)C)csc2n1. The highest BCUT2D eigenvalue weighted by Gasteiger charge is 2.26. The molecule has 0 saturated carbocycles. The van der Waals surface area contributed by atoms with E-state index < -0.39 is 0 Å². The molecule has 0 unspecified atom stereocenters. The lowest BCUT2D eigenvalue weighted by Crippen LogP contribution is -2.39. The second-order valence-electron chi connectivity index (χ2n) is 6.80. The van der Waals surface area contributed by atoms with Crippen molar-refractivity contribution in [3.8, 4) is 0 Å². The van der Waals surface area contributed by atoms with Crippen molar-refractivity contribution in [2.24, 2.45) is 17.6 Å². The topological polar surface area (TPSA) is 72.1 Å². The number of carbonyl (C=O) groups excluding carboxylic acids is 1. The highest BCUT2D eigenvalue weighted by atomic mass is 32.1. The molecular weight excluding hydrogens is 308 g/mol. The van der Waals surface area contributed by atoms with Crippen LogP contribution in [0, 0.1) is 18.8 Å². The van der Waals surface area contributed by atoms with Gasteiger partial charge in [-0.25, -0.2) is 9.97 Å². The summed E-state index contributed by atoms with van der Waals surface area (Å²) in [6.07, 6.45) is 2.66. The second-order valence-corrected chi connectivity index (χ2v) is 7.66. The molecule has 2 aromatic heterocycles. The first-order valence-corrected chi connectivity index (χ1v) is 9.12. The Morgan fingerprint density at radius 1 is 1.39 bits per heavy atom. The largest absolute Gasteiger partial charge is 0.369 e. The van der Waals surface area contributed by atoms with Gasteiger partial charge in [-0.15, -0.1) is 11.3 Å². The van der Waals surface area contributed by atoms with E-state index in [2.05, 4.69) is 29.1 Å². The highest BCUT2D eigenvalue weighted by molar-refractivity contribution is 7.17. The first-order valence-electron chi connectivity index (χ1n) is 8.24. The van der Waals surface area contributed by atoms with Gasteiger partial charge in [0.15, 0.2) is 0 Å². The molecule has 1 fully saturated rings. The third-order valence-corrected chi connectivity index (χ3v) is 5.35. The molecule has 5 nitrogen and oxygen atoms in total. The van der Waals surface area contributed by atoms with Crippen molar-refractivity contribution in [3.63, 3.8) is 0 Å². The van der Waals surface area contributed by atoms with Crippen LogP contribution in [0.3, 0.4) is 0 Å². The Morgan fingerprint density at radius 2 is 2.09 bits per heavy atom. The van der Waals surface area contributed by atoms with Crippen molar-refractivity contribution < 1.29 is 4.79 Å². The van der Waals surface area contributed by atoms with Gasteiger partial charge in [0.25, 0.3) is 0 Å². The number of anilines is 1. The predicted octanol–water partition coefficient (Wildman–Crippen LogP) is 2.90. The van der Waals surface area contributed by atoms with Crippen LogP contribution in [0.15, 0.2) is 5.38 Å². The van der Waals surface area contributed by atoms with Crippen molar-refractivity contribution in [2.75, 3.05) is 18.0 Å². The number of aromatic nitrogens is 2. The number of fused-ring (bicyclic) bond motifs is 1.